The van der Waals surface area contributed by atoms with Gasteiger partial charge in [-0.2, -0.15) is 10.2 Å². The second-order valence-corrected chi connectivity index (χ2v) is 4.46. The van der Waals surface area contributed by atoms with Crippen molar-refractivity contribution >= 4 is 28.3 Å². The lowest BCUT2D eigenvalue weighted by Gasteiger charge is -1.99. The maximum atomic E-state index is 12.2. The Labute approximate surface area is 114 Å². The van der Waals surface area contributed by atoms with Crippen LogP contribution in [-0.2, 0) is 6.42 Å². The van der Waals surface area contributed by atoms with Crippen LogP contribution in [0.5, 0.6) is 0 Å². The van der Waals surface area contributed by atoms with Crippen LogP contribution in [0.4, 0.5) is 11.5 Å². The molecule has 1 aromatic carbocycles. The topological polar surface area (TPSA) is 112 Å². The molecule has 0 aliphatic heterocycles. The van der Waals surface area contributed by atoms with E-state index in [2.05, 4.69) is 25.7 Å². The average molecular weight is 270 g/mol. The molecular weight excluding hydrogens is 256 g/mol. The average Bonchev–Trinajstić information content (AvgIpc) is 3.04. The Balaban J connectivity index is 1.90. The number of nitrogens with zero attached hydrogens (tertiary/aromatic N) is 2. The summed E-state index contributed by atoms with van der Waals surface area (Å²) in [6.07, 6.45) is 0.824. The third kappa shape index (κ3) is 2.09. The molecule has 2 heterocycles. The van der Waals surface area contributed by atoms with Crippen molar-refractivity contribution in [2.24, 2.45) is 0 Å². The number of carbonyl (C=O) groups excluding carboxylic acids is 1. The van der Waals surface area contributed by atoms with Crippen molar-refractivity contribution in [3.63, 3.8) is 0 Å². The molecule has 2 aromatic heterocycles. The fraction of sp³-hybridized carbons (Fsp3) is 0.154. The number of nitrogens with one attached hydrogen (secondary N) is 3. The molecule has 0 aliphatic carbocycles. The number of amides is 1. The third-order valence-electron chi connectivity index (χ3n) is 3.06. The van der Waals surface area contributed by atoms with Crippen LogP contribution in [0.3, 0.4) is 0 Å². The number of H-pyrrole nitrogens is 2. The van der Waals surface area contributed by atoms with Crippen molar-refractivity contribution in [3.05, 3.63) is 35.7 Å². The van der Waals surface area contributed by atoms with Crippen molar-refractivity contribution in [3.8, 4) is 0 Å². The van der Waals surface area contributed by atoms with Gasteiger partial charge in [0.1, 0.15) is 0 Å². The van der Waals surface area contributed by atoms with Crippen molar-refractivity contribution in [2.45, 2.75) is 13.3 Å². The Morgan fingerprint density at radius 1 is 1.30 bits per heavy atom. The first-order valence-corrected chi connectivity index (χ1v) is 6.26. The molecule has 7 heteroatoms. The van der Waals surface area contributed by atoms with Crippen LogP contribution >= 0.6 is 0 Å². The van der Waals surface area contributed by atoms with E-state index in [-0.39, 0.29) is 5.91 Å². The Kier molecular flexibility index (Phi) is 2.86. The zero-order valence-corrected chi connectivity index (χ0v) is 10.9. The molecule has 0 saturated carbocycles. The molecular formula is C13H14N6O. The summed E-state index contributed by atoms with van der Waals surface area (Å²) in [6, 6.07) is 7.05. The van der Waals surface area contributed by atoms with Gasteiger partial charge in [0.25, 0.3) is 5.91 Å². The summed E-state index contributed by atoms with van der Waals surface area (Å²) >= 11 is 0. The monoisotopic (exact) mass is 270 g/mol. The van der Waals surface area contributed by atoms with Gasteiger partial charge in [0.2, 0.25) is 0 Å². The lowest BCUT2D eigenvalue weighted by atomic mass is 10.2. The van der Waals surface area contributed by atoms with Gasteiger partial charge in [-0.3, -0.25) is 15.0 Å². The van der Waals surface area contributed by atoms with Gasteiger partial charge >= 0.3 is 0 Å². The zero-order valence-electron chi connectivity index (χ0n) is 10.9. The molecule has 0 radical (unpaired) electrons. The van der Waals surface area contributed by atoms with Crippen LogP contribution in [0.2, 0.25) is 0 Å². The summed E-state index contributed by atoms with van der Waals surface area (Å²) in [5.74, 6) is 0.155. The fourth-order valence-electron chi connectivity index (χ4n) is 1.99. The van der Waals surface area contributed by atoms with Gasteiger partial charge in [-0.15, -0.1) is 0 Å². The van der Waals surface area contributed by atoms with E-state index in [4.69, 9.17) is 5.73 Å². The van der Waals surface area contributed by atoms with E-state index in [1.54, 1.807) is 24.3 Å². The Morgan fingerprint density at radius 2 is 2.15 bits per heavy atom. The minimum absolute atomic E-state index is 0.299. The molecule has 0 atom stereocenters. The highest BCUT2D eigenvalue weighted by Gasteiger charge is 2.15. The molecule has 3 rings (SSSR count). The van der Waals surface area contributed by atoms with E-state index in [9.17, 15) is 4.79 Å². The van der Waals surface area contributed by atoms with Crippen molar-refractivity contribution in [2.75, 3.05) is 11.1 Å². The first kappa shape index (κ1) is 12.2. The highest BCUT2D eigenvalue weighted by atomic mass is 16.2. The van der Waals surface area contributed by atoms with Gasteiger partial charge < -0.3 is 11.1 Å². The third-order valence-corrected chi connectivity index (χ3v) is 3.06. The van der Waals surface area contributed by atoms with Crippen molar-refractivity contribution in [1.82, 2.24) is 20.4 Å². The number of carbonyl (C=O) groups is 1. The molecule has 20 heavy (non-hydrogen) atoms. The van der Waals surface area contributed by atoms with Crippen LogP contribution in [-0.4, -0.2) is 26.3 Å². The number of hydrogen-bond donors (Lipinski definition) is 4. The number of anilines is 2. The normalized spacial score (nSPS) is 10.8. The lowest BCUT2D eigenvalue weighted by molar-refractivity contribution is 0.102. The maximum absolute atomic E-state index is 12.2. The second kappa shape index (κ2) is 4.69. The van der Waals surface area contributed by atoms with E-state index < -0.39 is 0 Å². The number of nitrogens with two attached hydrogens (primary N) is 1. The Morgan fingerprint density at radius 3 is 2.90 bits per heavy atom. The zero-order chi connectivity index (χ0) is 14.1. The second-order valence-electron chi connectivity index (χ2n) is 4.46. The molecule has 0 bridgehead atoms. The number of nitrogen functional groups attached to an aromatic ring is 1. The van der Waals surface area contributed by atoms with Crippen LogP contribution < -0.4 is 11.1 Å². The number of fused-ring (bicyclic) bond motifs is 1. The van der Waals surface area contributed by atoms with Gasteiger partial charge in [0, 0.05) is 22.8 Å². The van der Waals surface area contributed by atoms with Crippen LogP contribution in [0.25, 0.3) is 10.9 Å². The van der Waals surface area contributed by atoms with Crippen LogP contribution in [0, 0.1) is 0 Å². The van der Waals surface area contributed by atoms with Gasteiger partial charge in [-0.05, 0) is 24.6 Å². The Hall–Kier alpha value is -2.83. The smallest absolute Gasteiger partial charge is 0.278 e. The number of benzene rings is 1. The predicted octanol–water partition coefficient (Wildman–Crippen LogP) is 1.68. The number of rotatable bonds is 3. The molecule has 0 spiro atoms. The maximum Gasteiger partial charge on any atom is 0.278 e. The minimum atomic E-state index is -0.323. The van der Waals surface area contributed by atoms with E-state index in [1.807, 2.05) is 6.92 Å². The quantitative estimate of drug-likeness (QED) is 0.542. The molecule has 0 fully saturated rings. The first-order chi connectivity index (χ1) is 9.67. The van der Waals surface area contributed by atoms with Crippen LogP contribution in [0.15, 0.2) is 24.3 Å². The van der Waals surface area contributed by atoms with E-state index in [0.29, 0.717) is 22.6 Å². The fourth-order valence-corrected chi connectivity index (χ4v) is 1.99. The largest absolute Gasteiger partial charge is 0.399 e. The predicted molar refractivity (Wildman–Crippen MR) is 76.4 cm³/mol. The SMILES string of the molecule is CCc1cc(NC(=O)c2n[nH]c3ccc(N)cc23)n[nH]1. The number of aromatic amines is 2. The van der Waals surface area contributed by atoms with E-state index in [0.717, 1.165) is 17.6 Å². The summed E-state index contributed by atoms with van der Waals surface area (Å²) in [4.78, 5) is 12.2. The highest BCUT2D eigenvalue weighted by Crippen LogP contribution is 2.19. The standard InChI is InChI=1S/C13H14N6O/c1-2-8-6-11(18-16-8)15-13(20)12-9-5-7(14)3-4-10(9)17-19-12/h3-6H,2,14H2,1H3,(H,17,19)(H2,15,16,18,20). The highest BCUT2D eigenvalue weighted by molar-refractivity contribution is 6.11. The molecule has 5 N–H and O–H groups in total. The molecule has 0 aliphatic rings. The van der Waals surface area contributed by atoms with Crippen LogP contribution in [0.1, 0.15) is 23.1 Å². The molecule has 0 saturated heterocycles. The van der Waals surface area contributed by atoms with Gasteiger partial charge in [-0.25, -0.2) is 0 Å². The van der Waals surface area contributed by atoms with E-state index >= 15 is 0 Å². The summed E-state index contributed by atoms with van der Waals surface area (Å²) in [5, 5.41) is 17.1. The summed E-state index contributed by atoms with van der Waals surface area (Å²) in [7, 11) is 0. The van der Waals surface area contributed by atoms with Crippen molar-refractivity contribution in [1.29, 1.82) is 0 Å². The van der Waals surface area contributed by atoms with Gasteiger partial charge in [-0.1, -0.05) is 6.92 Å². The van der Waals surface area contributed by atoms with Gasteiger partial charge in [0.05, 0.1) is 5.52 Å². The lowest BCUT2D eigenvalue weighted by Crippen LogP contribution is -2.13. The number of aromatic nitrogens is 4. The Bertz CT molecular complexity index is 772. The molecule has 3 aromatic rings. The van der Waals surface area contributed by atoms with E-state index in [1.165, 1.54) is 0 Å². The summed E-state index contributed by atoms with van der Waals surface area (Å²) in [5.41, 5.74) is 8.34. The summed E-state index contributed by atoms with van der Waals surface area (Å²) < 4.78 is 0. The molecule has 7 nitrogen and oxygen atoms in total. The van der Waals surface area contributed by atoms with Gasteiger partial charge in [0.15, 0.2) is 11.5 Å². The first-order valence-electron chi connectivity index (χ1n) is 6.26. The summed E-state index contributed by atoms with van der Waals surface area (Å²) in [6.45, 7) is 2.00. The molecule has 0 unspecified atom stereocenters. The molecule has 102 valence electrons. The van der Waals surface area contributed by atoms with Crippen molar-refractivity contribution < 1.29 is 4.79 Å². The molecule has 1 amide bonds. The minimum Gasteiger partial charge on any atom is -0.399 e. The number of aryl methyl sites for hydroxylation is 1. The number of hydrogen-bond acceptors (Lipinski definition) is 4.